The molecule has 2 N–H and O–H groups in total. The average Bonchev–Trinajstić information content (AvgIpc) is 2.67. The molecule has 1 atom stereocenters. The van der Waals surface area contributed by atoms with Crippen LogP contribution in [0.2, 0.25) is 0 Å². The first-order chi connectivity index (χ1) is 8.54. The standard InChI is InChI=1S/C13H20N4O/c1-9(8-18-4)12-13(14)17-7-10(16(2)3)5-6-11(17)15-12/h5-7,9H,8,14H2,1-4H3. The molecule has 0 aromatic carbocycles. The first kappa shape index (κ1) is 12.7. The second kappa shape index (κ2) is 4.86. The highest BCUT2D eigenvalue weighted by Gasteiger charge is 2.16. The van der Waals surface area contributed by atoms with Gasteiger partial charge in [-0.2, -0.15) is 0 Å². The molecule has 0 saturated carbocycles. The Morgan fingerprint density at radius 2 is 2.17 bits per heavy atom. The lowest BCUT2D eigenvalue weighted by Crippen LogP contribution is -2.09. The summed E-state index contributed by atoms with van der Waals surface area (Å²) in [5.41, 5.74) is 9.03. The summed E-state index contributed by atoms with van der Waals surface area (Å²) in [6.45, 7) is 2.68. The summed E-state index contributed by atoms with van der Waals surface area (Å²) >= 11 is 0. The topological polar surface area (TPSA) is 55.8 Å². The molecule has 0 radical (unpaired) electrons. The number of nitrogen functional groups attached to an aromatic ring is 1. The molecule has 2 heterocycles. The molecule has 1 unspecified atom stereocenters. The van der Waals surface area contributed by atoms with Crippen molar-refractivity contribution < 1.29 is 4.74 Å². The third-order valence-electron chi connectivity index (χ3n) is 3.07. The van der Waals surface area contributed by atoms with Crippen molar-refractivity contribution in [2.24, 2.45) is 0 Å². The predicted molar refractivity (Wildman–Crippen MR) is 74.2 cm³/mol. The Morgan fingerprint density at radius 1 is 1.44 bits per heavy atom. The largest absolute Gasteiger partial charge is 0.384 e. The smallest absolute Gasteiger partial charge is 0.138 e. The molecule has 0 aliphatic rings. The number of fused-ring (bicyclic) bond motifs is 1. The molecule has 2 aromatic heterocycles. The monoisotopic (exact) mass is 248 g/mol. The van der Waals surface area contributed by atoms with Gasteiger partial charge in [0.2, 0.25) is 0 Å². The summed E-state index contributed by atoms with van der Waals surface area (Å²) in [5, 5.41) is 0. The fraction of sp³-hybridized carbons (Fsp3) is 0.462. The van der Waals surface area contributed by atoms with Gasteiger partial charge in [0.15, 0.2) is 0 Å². The third-order valence-corrected chi connectivity index (χ3v) is 3.07. The van der Waals surface area contributed by atoms with Crippen molar-refractivity contribution in [2.45, 2.75) is 12.8 Å². The second-order valence-corrected chi connectivity index (χ2v) is 4.75. The fourth-order valence-electron chi connectivity index (χ4n) is 2.03. The molecular formula is C13H20N4O. The van der Waals surface area contributed by atoms with Gasteiger partial charge in [0.25, 0.3) is 0 Å². The second-order valence-electron chi connectivity index (χ2n) is 4.75. The summed E-state index contributed by atoms with van der Waals surface area (Å²) in [7, 11) is 5.69. The number of nitrogens with two attached hydrogens (primary N) is 1. The molecule has 0 aliphatic carbocycles. The molecule has 18 heavy (non-hydrogen) atoms. The number of hydrogen-bond acceptors (Lipinski definition) is 4. The molecule has 0 aliphatic heterocycles. The highest BCUT2D eigenvalue weighted by Crippen LogP contribution is 2.25. The third kappa shape index (κ3) is 2.13. The van der Waals surface area contributed by atoms with Crippen molar-refractivity contribution in [2.75, 3.05) is 38.4 Å². The molecule has 0 saturated heterocycles. The van der Waals surface area contributed by atoms with Crippen molar-refractivity contribution in [1.29, 1.82) is 0 Å². The number of nitrogens with zero attached hydrogens (tertiary/aromatic N) is 3. The zero-order valence-electron chi connectivity index (χ0n) is 11.3. The maximum absolute atomic E-state index is 6.17. The van der Waals surface area contributed by atoms with Gasteiger partial charge in [-0.3, -0.25) is 4.40 Å². The van der Waals surface area contributed by atoms with Gasteiger partial charge >= 0.3 is 0 Å². The molecule has 2 aromatic rings. The Bertz CT molecular complexity index is 547. The van der Waals surface area contributed by atoms with E-state index in [9.17, 15) is 0 Å². The summed E-state index contributed by atoms with van der Waals surface area (Å²) in [6, 6.07) is 4.02. The van der Waals surface area contributed by atoms with Crippen LogP contribution in [-0.2, 0) is 4.74 Å². The van der Waals surface area contributed by atoms with Crippen LogP contribution in [0, 0.1) is 0 Å². The van der Waals surface area contributed by atoms with Gasteiger partial charge in [0, 0.05) is 33.3 Å². The molecule has 5 heteroatoms. The van der Waals surface area contributed by atoms with E-state index in [1.807, 2.05) is 41.7 Å². The number of aromatic nitrogens is 2. The van der Waals surface area contributed by atoms with Crippen LogP contribution in [0.15, 0.2) is 18.3 Å². The van der Waals surface area contributed by atoms with E-state index in [0.29, 0.717) is 12.4 Å². The molecular weight excluding hydrogens is 228 g/mol. The Hall–Kier alpha value is -1.75. The number of rotatable bonds is 4. The molecule has 0 fully saturated rings. The minimum Gasteiger partial charge on any atom is -0.384 e. The number of anilines is 2. The number of ether oxygens (including phenoxy) is 1. The van der Waals surface area contributed by atoms with Gasteiger partial charge < -0.3 is 15.4 Å². The van der Waals surface area contributed by atoms with Crippen LogP contribution in [0.4, 0.5) is 11.5 Å². The molecule has 0 amide bonds. The fourth-order valence-corrected chi connectivity index (χ4v) is 2.03. The Kier molecular flexibility index (Phi) is 3.43. The van der Waals surface area contributed by atoms with Crippen molar-refractivity contribution in [1.82, 2.24) is 9.38 Å². The van der Waals surface area contributed by atoms with E-state index in [4.69, 9.17) is 10.5 Å². The lowest BCUT2D eigenvalue weighted by molar-refractivity contribution is 0.183. The van der Waals surface area contributed by atoms with Gasteiger partial charge in [0.1, 0.15) is 11.5 Å². The minimum atomic E-state index is 0.192. The summed E-state index contributed by atoms with van der Waals surface area (Å²) in [5.74, 6) is 0.885. The Morgan fingerprint density at radius 3 is 2.78 bits per heavy atom. The van der Waals surface area contributed by atoms with E-state index in [1.54, 1.807) is 7.11 Å². The van der Waals surface area contributed by atoms with E-state index in [-0.39, 0.29) is 5.92 Å². The van der Waals surface area contributed by atoms with E-state index in [1.165, 1.54) is 0 Å². The number of imidazole rings is 1. The van der Waals surface area contributed by atoms with Crippen LogP contribution in [0.25, 0.3) is 5.65 Å². The predicted octanol–water partition coefficient (Wildman–Crippen LogP) is 1.73. The normalized spacial score (nSPS) is 12.9. The summed E-state index contributed by atoms with van der Waals surface area (Å²) in [4.78, 5) is 6.61. The van der Waals surface area contributed by atoms with Gasteiger partial charge in [-0.25, -0.2) is 4.98 Å². The van der Waals surface area contributed by atoms with Crippen LogP contribution in [-0.4, -0.2) is 37.2 Å². The molecule has 5 nitrogen and oxygen atoms in total. The van der Waals surface area contributed by atoms with E-state index in [2.05, 4.69) is 11.9 Å². The van der Waals surface area contributed by atoms with Crippen molar-refractivity contribution in [3.63, 3.8) is 0 Å². The lowest BCUT2D eigenvalue weighted by Gasteiger charge is -2.12. The molecule has 0 spiro atoms. The highest BCUT2D eigenvalue weighted by atomic mass is 16.5. The number of methoxy groups -OCH3 is 1. The quantitative estimate of drug-likeness (QED) is 0.895. The van der Waals surface area contributed by atoms with E-state index in [0.717, 1.165) is 17.0 Å². The zero-order valence-corrected chi connectivity index (χ0v) is 11.3. The number of pyridine rings is 1. The van der Waals surface area contributed by atoms with Gasteiger partial charge in [-0.1, -0.05) is 6.92 Å². The highest BCUT2D eigenvalue weighted by molar-refractivity contribution is 5.58. The van der Waals surface area contributed by atoms with Gasteiger partial charge in [0.05, 0.1) is 18.0 Å². The average molecular weight is 248 g/mol. The molecule has 0 bridgehead atoms. The van der Waals surface area contributed by atoms with Gasteiger partial charge in [-0.15, -0.1) is 0 Å². The lowest BCUT2D eigenvalue weighted by atomic mass is 10.1. The summed E-state index contributed by atoms with van der Waals surface area (Å²) in [6.07, 6.45) is 2.00. The van der Waals surface area contributed by atoms with Gasteiger partial charge in [-0.05, 0) is 12.1 Å². The van der Waals surface area contributed by atoms with Crippen molar-refractivity contribution in [3.05, 3.63) is 24.0 Å². The molecule has 2 rings (SSSR count). The van der Waals surface area contributed by atoms with E-state index < -0.39 is 0 Å². The maximum Gasteiger partial charge on any atom is 0.138 e. The maximum atomic E-state index is 6.17. The molecule has 98 valence electrons. The Balaban J connectivity index is 2.49. The van der Waals surface area contributed by atoms with Crippen LogP contribution >= 0.6 is 0 Å². The Labute approximate surface area is 107 Å². The summed E-state index contributed by atoms with van der Waals surface area (Å²) < 4.78 is 7.09. The first-order valence-electron chi connectivity index (χ1n) is 5.98. The van der Waals surface area contributed by atoms with Crippen molar-refractivity contribution >= 4 is 17.2 Å². The minimum absolute atomic E-state index is 0.192. The van der Waals surface area contributed by atoms with E-state index >= 15 is 0 Å². The van der Waals surface area contributed by atoms with Crippen LogP contribution < -0.4 is 10.6 Å². The SMILES string of the molecule is COCC(C)c1nc2ccc(N(C)C)cn2c1N. The first-order valence-corrected chi connectivity index (χ1v) is 5.98. The number of hydrogen-bond donors (Lipinski definition) is 1. The van der Waals surface area contributed by atoms with Crippen LogP contribution in [0.1, 0.15) is 18.5 Å². The van der Waals surface area contributed by atoms with Crippen molar-refractivity contribution in [3.8, 4) is 0 Å². The zero-order chi connectivity index (χ0) is 13.3. The van der Waals surface area contributed by atoms with Crippen LogP contribution in [0.5, 0.6) is 0 Å². The van der Waals surface area contributed by atoms with Crippen LogP contribution in [0.3, 0.4) is 0 Å².